The van der Waals surface area contributed by atoms with Crippen LogP contribution in [0.3, 0.4) is 0 Å². The summed E-state index contributed by atoms with van der Waals surface area (Å²) >= 11 is 0. The van der Waals surface area contributed by atoms with E-state index in [9.17, 15) is 19.5 Å². The maximum Gasteiger partial charge on any atom is 0.163 e. The highest BCUT2D eigenvalue weighted by Crippen LogP contribution is 2.25. The maximum atomic E-state index is 11.2. The normalized spacial score (nSPS) is 9.94. The largest absolute Gasteiger partial charge is 0.506 e. The SMILES string of the molecule is CC(=O)c1cc(C(C)=O)c(O)c(C(C)=O)c1. The van der Waals surface area contributed by atoms with Gasteiger partial charge in [-0.3, -0.25) is 14.4 Å². The summed E-state index contributed by atoms with van der Waals surface area (Å²) in [5.41, 5.74) is 0.240. The zero-order chi connectivity index (χ0) is 12.5. The first-order chi connectivity index (χ1) is 7.34. The van der Waals surface area contributed by atoms with Crippen LogP contribution < -0.4 is 0 Å². The molecule has 0 fully saturated rings. The minimum atomic E-state index is -0.386. The molecule has 1 rings (SSSR count). The van der Waals surface area contributed by atoms with Crippen LogP contribution >= 0.6 is 0 Å². The summed E-state index contributed by atoms with van der Waals surface area (Å²) in [6.07, 6.45) is 0. The van der Waals surface area contributed by atoms with Crippen molar-refractivity contribution < 1.29 is 19.5 Å². The van der Waals surface area contributed by atoms with Gasteiger partial charge in [0.1, 0.15) is 5.75 Å². The van der Waals surface area contributed by atoms with E-state index < -0.39 is 0 Å². The second kappa shape index (κ2) is 4.26. The molecule has 0 bridgehead atoms. The summed E-state index contributed by atoms with van der Waals surface area (Å²) in [4.78, 5) is 33.7. The molecule has 0 unspecified atom stereocenters. The molecule has 0 spiro atoms. The molecule has 84 valence electrons. The van der Waals surface area contributed by atoms with Crippen LogP contribution in [-0.4, -0.2) is 22.5 Å². The van der Waals surface area contributed by atoms with Gasteiger partial charge in [0, 0.05) is 5.56 Å². The van der Waals surface area contributed by atoms with Gasteiger partial charge in [0.05, 0.1) is 11.1 Å². The number of aromatic hydroxyl groups is 1. The van der Waals surface area contributed by atoms with Crippen molar-refractivity contribution in [1.82, 2.24) is 0 Å². The quantitative estimate of drug-likeness (QED) is 0.791. The van der Waals surface area contributed by atoms with Crippen molar-refractivity contribution in [3.63, 3.8) is 0 Å². The van der Waals surface area contributed by atoms with Crippen LogP contribution in [0.4, 0.5) is 0 Å². The number of carbonyl (C=O) groups is 3. The van der Waals surface area contributed by atoms with Crippen molar-refractivity contribution in [2.24, 2.45) is 0 Å². The Morgan fingerprint density at radius 3 is 1.50 bits per heavy atom. The Bertz CT molecular complexity index is 451. The van der Waals surface area contributed by atoms with Crippen molar-refractivity contribution in [2.75, 3.05) is 0 Å². The Hall–Kier alpha value is -1.97. The molecule has 0 aromatic heterocycles. The van der Waals surface area contributed by atoms with Crippen molar-refractivity contribution in [2.45, 2.75) is 20.8 Å². The van der Waals surface area contributed by atoms with E-state index in [0.717, 1.165) is 0 Å². The lowest BCUT2D eigenvalue weighted by Crippen LogP contribution is -2.04. The molecule has 0 atom stereocenters. The standard InChI is InChI=1S/C12H12O4/c1-6(13)9-4-10(7(2)14)12(16)11(5-9)8(3)15/h4-5,16H,1-3H3. The number of rotatable bonds is 3. The first-order valence-electron chi connectivity index (χ1n) is 4.74. The Morgan fingerprint density at radius 2 is 1.25 bits per heavy atom. The number of benzene rings is 1. The Balaban J connectivity index is 3.57. The summed E-state index contributed by atoms with van der Waals surface area (Å²) in [5, 5.41) is 9.68. The van der Waals surface area contributed by atoms with E-state index in [1.165, 1.54) is 32.9 Å². The number of ketones is 3. The first kappa shape index (κ1) is 12.1. The first-order valence-corrected chi connectivity index (χ1v) is 4.74. The maximum absolute atomic E-state index is 11.2. The van der Waals surface area contributed by atoms with Gasteiger partial charge >= 0.3 is 0 Å². The van der Waals surface area contributed by atoms with Crippen LogP contribution in [0.5, 0.6) is 5.75 Å². The van der Waals surface area contributed by atoms with E-state index in [4.69, 9.17) is 0 Å². The van der Waals surface area contributed by atoms with E-state index in [0.29, 0.717) is 0 Å². The molecule has 0 aliphatic rings. The lowest BCUT2D eigenvalue weighted by atomic mass is 9.98. The van der Waals surface area contributed by atoms with E-state index in [1.54, 1.807) is 0 Å². The fourth-order valence-corrected chi connectivity index (χ4v) is 1.37. The molecule has 1 aromatic rings. The van der Waals surface area contributed by atoms with Gasteiger partial charge in [0.15, 0.2) is 17.3 Å². The number of Topliss-reactive ketones (excluding diaryl/α,β-unsaturated/α-hetero) is 3. The van der Waals surface area contributed by atoms with Crippen molar-refractivity contribution in [3.8, 4) is 5.75 Å². The van der Waals surface area contributed by atoms with Crippen LogP contribution in [-0.2, 0) is 0 Å². The highest BCUT2D eigenvalue weighted by Gasteiger charge is 2.17. The molecule has 1 aromatic carbocycles. The number of hydrogen-bond acceptors (Lipinski definition) is 4. The summed E-state index contributed by atoms with van der Waals surface area (Å²) in [6, 6.07) is 2.60. The second-order valence-corrected chi connectivity index (χ2v) is 3.59. The zero-order valence-electron chi connectivity index (χ0n) is 9.33. The molecular formula is C12H12O4. The van der Waals surface area contributed by atoms with Crippen molar-refractivity contribution >= 4 is 17.3 Å². The zero-order valence-corrected chi connectivity index (χ0v) is 9.33. The van der Waals surface area contributed by atoms with Crippen LogP contribution in [0.15, 0.2) is 12.1 Å². The molecule has 16 heavy (non-hydrogen) atoms. The number of carbonyl (C=O) groups excluding carboxylic acids is 3. The van der Waals surface area contributed by atoms with Crippen molar-refractivity contribution in [3.05, 3.63) is 28.8 Å². The molecular weight excluding hydrogens is 208 g/mol. The molecule has 1 N–H and O–H groups in total. The van der Waals surface area contributed by atoms with E-state index in [-0.39, 0.29) is 39.8 Å². The predicted molar refractivity (Wildman–Crippen MR) is 58.1 cm³/mol. The van der Waals surface area contributed by atoms with Gasteiger partial charge < -0.3 is 5.11 Å². The van der Waals surface area contributed by atoms with Gasteiger partial charge in [0.2, 0.25) is 0 Å². The molecule has 4 nitrogen and oxygen atoms in total. The average Bonchev–Trinajstić information content (AvgIpc) is 2.16. The number of phenolic OH excluding ortho intramolecular Hbond substituents is 1. The minimum Gasteiger partial charge on any atom is -0.506 e. The molecule has 0 aliphatic heterocycles. The van der Waals surface area contributed by atoms with E-state index in [2.05, 4.69) is 0 Å². The van der Waals surface area contributed by atoms with E-state index >= 15 is 0 Å². The van der Waals surface area contributed by atoms with Crippen LogP contribution in [0.2, 0.25) is 0 Å². The Morgan fingerprint density at radius 1 is 0.875 bits per heavy atom. The molecule has 0 radical (unpaired) electrons. The third-order valence-electron chi connectivity index (χ3n) is 2.28. The topological polar surface area (TPSA) is 71.4 Å². The number of hydrogen-bond donors (Lipinski definition) is 1. The highest BCUT2D eigenvalue weighted by molar-refractivity contribution is 6.07. The smallest absolute Gasteiger partial charge is 0.163 e. The summed E-state index contributed by atoms with van der Waals surface area (Å²) < 4.78 is 0. The van der Waals surface area contributed by atoms with Gasteiger partial charge in [-0.15, -0.1) is 0 Å². The third-order valence-corrected chi connectivity index (χ3v) is 2.28. The van der Waals surface area contributed by atoms with Gasteiger partial charge in [-0.1, -0.05) is 0 Å². The average molecular weight is 220 g/mol. The lowest BCUT2D eigenvalue weighted by Gasteiger charge is -2.07. The van der Waals surface area contributed by atoms with Gasteiger partial charge in [0.25, 0.3) is 0 Å². The summed E-state index contributed by atoms with van der Waals surface area (Å²) in [6.45, 7) is 3.87. The highest BCUT2D eigenvalue weighted by atomic mass is 16.3. The Kier molecular flexibility index (Phi) is 3.22. The summed E-state index contributed by atoms with van der Waals surface area (Å²) in [7, 11) is 0. The molecule has 0 amide bonds. The van der Waals surface area contributed by atoms with E-state index in [1.807, 2.05) is 0 Å². The van der Waals surface area contributed by atoms with Gasteiger partial charge in [-0.05, 0) is 32.9 Å². The van der Waals surface area contributed by atoms with Crippen LogP contribution in [0, 0.1) is 0 Å². The van der Waals surface area contributed by atoms with Crippen molar-refractivity contribution in [1.29, 1.82) is 0 Å². The number of phenols is 1. The van der Waals surface area contributed by atoms with Crippen LogP contribution in [0.25, 0.3) is 0 Å². The van der Waals surface area contributed by atoms with Gasteiger partial charge in [-0.2, -0.15) is 0 Å². The fraction of sp³-hybridized carbons (Fsp3) is 0.250. The predicted octanol–water partition coefficient (Wildman–Crippen LogP) is 2.00. The third kappa shape index (κ3) is 2.16. The van der Waals surface area contributed by atoms with Gasteiger partial charge in [-0.25, -0.2) is 0 Å². The fourth-order valence-electron chi connectivity index (χ4n) is 1.37. The molecule has 0 saturated heterocycles. The van der Waals surface area contributed by atoms with Crippen LogP contribution in [0.1, 0.15) is 51.8 Å². The Labute approximate surface area is 92.9 Å². The molecule has 4 heteroatoms. The monoisotopic (exact) mass is 220 g/mol. The molecule has 0 heterocycles. The molecule has 0 saturated carbocycles. The second-order valence-electron chi connectivity index (χ2n) is 3.59. The summed E-state index contributed by atoms with van der Waals surface area (Å²) in [5.74, 6) is -1.39. The molecule has 0 aliphatic carbocycles. The minimum absolute atomic E-state index is 0.00194. The lowest BCUT2D eigenvalue weighted by molar-refractivity contribution is 0.101.